The van der Waals surface area contributed by atoms with Gasteiger partial charge < -0.3 is 15.2 Å². The lowest BCUT2D eigenvalue weighted by atomic mass is 10.1. The molecule has 1 aliphatic heterocycles. The number of hydrogen-bond donors (Lipinski definition) is 1. The predicted molar refractivity (Wildman–Crippen MR) is 55.6 cm³/mol. The Labute approximate surface area is 90.3 Å². The lowest BCUT2D eigenvalue weighted by molar-refractivity contribution is 0.174. The van der Waals surface area contributed by atoms with E-state index >= 15 is 0 Å². The third kappa shape index (κ3) is 1.21. The monoisotopic (exact) mass is 255 g/mol. The SMILES string of the molecule is N[C@@H]1C[C@H]1c1cc2c(cc1Br)OCO2. The van der Waals surface area contributed by atoms with Crippen molar-refractivity contribution < 1.29 is 9.47 Å². The van der Waals surface area contributed by atoms with Gasteiger partial charge in [-0.1, -0.05) is 15.9 Å². The minimum Gasteiger partial charge on any atom is -0.454 e. The fourth-order valence-corrected chi connectivity index (χ4v) is 2.41. The molecule has 0 unspecified atom stereocenters. The van der Waals surface area contributed by atoms with Crippen molar-refractivity contribution in [2.75, 3.05) is 6.79 Å². The van der Waals surface area contributed by atoms with Crippen molar-refractivity contribution >= 4 is 15.9 Å². The smallest absolute Gasteiger partial charge is 0.231 e. The lowest BCUT2D eigenvalue weighted by Crippen LogP contribution is -2.01. The number of ether oxygens (including phenoxy) is 2. The summed E-state index contributed by atoms with van der Waals surface area (Å²) in [7, 11) is 0. The van der Waals surface area contributed by atoms with E-state index in [1.165, 1.54) is 5.56 Å². The maximum absolute atomic E-state index is 5.82. The second-order valence-electron chi connectivity index (χ2n) is 3.73. The van der Waals surface area contributed by atoms with Crippen molar-refractivity contribution in [2.45, 2.75) is 18.4 Å². The minimum absolute atomic E-state index is 0.312. The molecule has 1 heterocycles. The number of fused-ring (bicyclic) bond motifs is 1. The lowest BCUT2D eigenvalue weighted by Gasteiger charge is -2.04. The minimum atomic E-state index is 0.312. The third-order valence-electron chi connectivity index (χ3n) is 2.73. The van der Waals surface area contributed by atoms with E-state index in [0.29, 0.717) is 18.8 Å². The molecule has 1 saturated carbocycles. The summed E-state index contributed by atoms with van der Waals surface area (Å²) in [6.07, 6.45) is 1.07. The standard InChI is InChI=1S/C10H10BrNO2/c11-7-3-10-9(13-4-14-10)2-5(7)6-1-8(6)12/h2-3,6,8H,1,4,12H2/t6-,8+/m0/s1. The maximum atomic E-state index is 5.82. The molecule has 0 spiro atoms. The van der Waals surface area contributed by atoms with Crippen LogP contribution in [0.2, 0.25) is 0 Å². The molecule has 1 aromatic rings. The van der Waals surface area contributed by atoms with Crippen molar-refractivity contribution in [3.8, 4) is 11.5 Å². The summed E-state index contributed by atoms with van der Waals surface area (Å²) >= 11 is 3.53. The molecule has 74 valence electrons. The van der Waals surface area contributed by atoms with Crippen LogP contribution in [0.15, 0.2) is 16.6 Å². The Balaban J connectivity index is 2.04. The Hall–Kier alpha value is -0.740. The first-order valence-corrected chi connectivity index (χ1v) is 5.39. The number of hydrogen-bond acceptors (Lipinski definition) is 3. The van der Waals surface area contributed by atoms with Crippen LogP contribution in [0.3, 0.4) is 0 Å². The topological polar surface area (TPSA) is 44.5 Å². The van der Waals surface area contributed by atoms with Gasteiger partial charge in [0.2, 0.25) is 6.79 Å². The summed E-state index contributed by atoms with van der Waals surface area (Å²) in [6.45, 7) is 0.321. The molecule has 3 rings (SSSR count). The third-order valence-corrected chi connectivity index (χ3v) is 3.42. The fraction of sp³-hybridized carbons (Fsp3) is 0.400. The highest BCUT2D eigenvalue weighted by atomic mass is 79.9. The van der Waals surface area contributed by atoms with Crippen molar-refractivity contribution in [1.29, 1.82) is 0 Å². The van der Waals surface area contributed by atoms with Crippen LogP contribution >= 0.6 is 15.9 Å². The van der Waals surface area contributed by atoms with E-state index in [2.05, 4.69) is 15.9 Å². The Bertz CT molecular complexity index is 394. The molecule has 1 aliphatic carbocycles. The van der Waals surface area contributed by atoms with Crippen LogP contribution in [0.1, 0.15) is 17.9 Å². The first kappa shape index (κ1) is 8.56. The zero-order chi connectivity index (χ0) is 9.71. The molecule has 0 radical (unpaired) electrons. The van der Waals surface area contributed by atoms with E-state index in [4.69, 9.17) is 15.2 Å². The summed E-state index contributed by atoms with van der Waals surface area (Å²) in [4.78, 5) is 0. The molecule has 14 heavy (non-hydrogen) atoms. The van der Waals surface area contributed by atoms with Crippen LogP contribution < -0.4 is 15.2 Å². The molecule has 0 aromatic heterocycles. The highest BCUT2D eigenvalue weighted by Gasteiger charge is 2.37. The van der Waals surface area contributed by atoms with Crippen molar-refractivity contribution in [1.82, 2.24) is 0 Å². The molecule has 0 bridgehead atoms. The summed E-state index contributed by atoms with van der Waals surface area (Å²) < 4.78 is 11.7. The van der Waals surface area contributed by atoms with Gasteiger partial charge in [0, 0.05) is 16.4 Å². The molecule has 2 N–H and O–H groups in total. The number of halogens is 1. The van der Waals surface area contributed by atoms with E-state index in [1.807, 2.05) is 12.1 Å². The van der Waals surface area contributed by atoms with Gasteiger partial charge in [-0.2, -0.15) is 0 Å². The molecule has 1 aromatic carbocycles. The van der Waals surface area contributed by atoms with Gasteiger partial charge in [-0.15, -0.1) is 0 Å². The zero-order valence-electron chi connectivity index (χ0n) is 7.50. The van der Waals surface area contributed by atoms with Gasteiger partial charge in [-0.25, -0.2) is 0 Å². The summed E-state index contributed by atoms with van der Waals surface area (Å²) in [6, 6.07) is 4.30. The van der Waals surface area contributed by atoms with Crippen LogP contribution in [0.4, 0.5) is 0 Å². The molecule has 2 aliphatic rings. The summed E-state index contributed by atoms with van der Waals surface area (Å²) in [5.74, 6) is 2.14. The quantitative estimate of drug-likeness (QED) is 0.835. The first-order chi connectivity index (χ1) is 6.75. The van der Waals surface area contributed by atoms with E-state index in [1.54, 1.807) is 0 Å². The van der Waals surface area contributed by atoms with Crippen LogP contribution in [-0.2, 0) is 0 Å². The van der Waals surface area contributed by atoms with Crippen LogP contribution in [-0.4, -0.2) is 12.8 Å². The Morgan fingerprint density at radius 3 is 2.57 bits per heavy atom. The van der Waals surface area contributed by atoms with E-state index in [0.717, 1.165) is 22.4 Å². The van der Waals surface area contributed by atoms with Gasteiger partial charge in [-0.3, -0.25) is 0 Å². The Kier molecular flexibility index (Phi) is 1.76. The summed E-state index contributed by atoms with van der Waals surface area (Å²) in [5.41, 5.74) is 7.06. The van der Waals surface area contributed by atoms with Gasteiger partial charge in [0.1, 0.15) is 0 Å². The van der Waals surface area contributed by atoms with Crippen molar-refractivity contribution in [2.24, 2.45) is 5.73 Å². The molecular formula is C10H10BrNO2. The van der Waals surface area contributed by atoms with Gasteiger partial charge in [0.15, 0.2) is 11.5 Å². The molecule has 1 fully saturated rings. The summed E-state index contributed by atoms with van der Waals surface area (Å²) in [5, 5.41) is 0. The molecule has 4 heteroatoms. The molecule has 0 amide bonds. The number of nitrogens with two attached hydrogens (primary N) is 1. The highest BCUT2D eigenvalue weighted by Crippen LogP contribution is 2.47. The number of benzene rings is 1. The van der Waals surface area contributed by atoms with Crippen molar-refractivity contribution in [3.05, 3.63) is 22.2 Å². The van der Waals surface area contributed by atoms with Crippen molar-refractivity contribution in [3.63, 3.8) is 0 Å². The van der Waals surface area contributed by atoms with E-state index in [9.17, 15) is 0 Å². The van der Waals surface area contributed by atoms with Gasteiger partial charge >= 0.3 is 0 Å². The predicted octanol–water partition coefficient (Wildman–Crippen LogP) is 1.99. The molecule has 3 nitrogen and oxygen atoms in total. The average Bonchev–Trinajstić information content (AvgIpc) is 2.71. The Morgan fingerprint density at radius 1 is 1.29 bits per heavy atom. The molecule has 0 saturated heterocycles. The normalized spacial score (nSPS) is 27.9. The second-order valence-corrected chi connectivity index (χ2v) is 4.59. The fourth-order valence-electron chi connectivity index (χ4n) is 1.79. The van der Waals surface area contributed by atoms with E-state index in [-0.39, 0.29) is 0 Å². The van der Waals surface area contributed by atoms with Crippen LogP contribution in [0.25, 0.3) is 0 Å². The molecular weight excluding hydrogens is 246 g/mol. The van der Waals surface area contributed by atoms with Gasteiger partial charge in [-0.05, 0) is 24.1 Å². The van der Waals surface area contributed by atoms with Crippen LogP contribution in [0.5, 0.6) is 11.5 Å². The average molecular weight is 256 g/mol. The second kappa shape index (κ2) is 2.87. The van der Waals surface area contributed by atoms with Gasteiger partial charge in [0.05, 0.1) is 0 Å². The maximum Gasteiger partial charge on any atom is 0.231 e. The van der Waals surface area contributed by atoms with E-state index < -0.39 is 0 Å². The van der Waals surface area contributed by atoms with Gasteiger partial charge in [0.25, 0.3) is 0 Å². The zero-order valence-corrected chi connectivity index (χ0v) is 9.08. The Morgan fingerprint density at radius 2 is 1.93 bits per heavy atom. The molecule has 2 atom stereocenters. The largest absolute Gasteiger partial charge is 0.454 e. The first-order valence-electron chi connectivity index (χ1n) is 4.60. The van der Waals surface area contributed by atoms with Crippen LogP contribution in [0, 0.1) is 0 Å². The highest BCUT2D eigenvalue weighted by molar-refractivity contribution is 9.10. The number of rotatable bonds is 1.